The number of hydrogen-bond acceptors (Lipinski definition) is 4. The summed E-state index contributed by atoms with van der Waals surface area (Å²) < 4.78 is 22.5. The molecule has 1 aliphatic rings. The molecule has 1 saturated heterocycles. The van der Waals surface area contributed by atoms with Gasteiger partial charge in [0, 0.05) is 6.54 Å². The van der Waals surface area contributed by atoms with E-state index in [1.165, 1.54) is 12.1 Å². The number of phenolic OH excluding ortho intramolecular Hbond substituents is 1. The Balaban J connectivity index is 1.92. The number of amides is 1. The summed E-state index contributed by atoms with van der Waals surface area (Å²) in [4.78, 5) is 11.8. The van der Waals surface area contributed by atoms with E-state index in [0.717, 1.165) is 0 Å². The van der Waals surface area contributed by atoms with E-state index in [9.17, 15) is 18.3 Å². The van der Waals surface area contributed by atoms with Gasteiger partial charge in [-0.2, -0.15) is 0 Å². The van der Waals surface area contributed by atoms with Crippen molar-refractivity contribution in [3.05, 3.63) is 29.8 Å². The maximum absolute atomic E-state index is 11.8. The summed E-state index contributed by atoms with van der Waals surface area (Å²) in [6.45, 7) is 0.326. The van der Waals surface area contributed by atoms with Crippen molar-refractivity contribution in [1.29, 1.82) is 0 Å². The molecule has 0 aromatic heterocycles. The van der Waals surface area contributed by atoms with Gasteiger partial charge in [0.2, 0.25) is 0 Å². The topological polar surface area (TPSA) is 83.5 Å². The van der Waals surface area contributed by atoms with E-state index in [4.69, 9.17) is 0 Å². The van der Waals surface area contributed by atoms with Crippen molar-refractivity contribution in [3.63, 3.8) is 0 Å². The van der Waals surface area contributed by atoms with Crippen LogP contribution in [0, 0.1) is 5.92 Å². The van der Waals surface area contributed by atoms with E-state index < -0.39 is 9.84 Å². The molecule has 1 aromatic rings. The molecule has 0 spiro atoms. The van der Waals surface area contributed by atoms with Gasteiger partial charge >= 0.3 is 0 Å². The van der Waals surface area contributed by atoms with Crippen LogP contribution in [0.2, 0.25) is 0 Å². The zero-order chi connectivity index (χ0) is 13.2. The zero-order valence-electron chi connectivity index (χ0n) is 9.80. The number of benzene rings is 1. The van der Waals surface area contributed by atoms with Gasteiger partial charge in [0.15, 0.2) is 9.84 Å². The zero-order valence-corrected chi connectivity index (χ0v) is 10.6. The fourth-order valence-corrected chi connectivity index (χ4v) is 3.89. The molecular formula is C12H15NO4S. The highest BCUT2D eigenvalue weighted by molar-refractivity contribution is 7.91. The van der Waals surface area contributed by atoms with Crippen molar-refractivity contribution in [2.75, 3.05) is 18.1 Å². The Kier molecular flexibility index (Phi) is 3.56. The minimum Gasteiger partial charge on any atom is -0.507 e. The lowest BCUT2D eigenvalue weighted by molar-refractivity contribution is 0.0946. The van der Waals surface area contributed by atoms with Gasteiger partial charge in [-0.05, 0) is 24.5 Å². The van der Waals surface area contributed by atoms with Gasteiger partial charge in [-0.3, -0.25) is 4.79 Å². The molecule has 0 aliphatic carbocycles. The average Bonchev–Trinajstić information content (AvgIpc) is 2.66. The van der Waals surface area contributed by atoms with Crippen molar-refractivity contribution in [2.24, 2.45) is 5.92 Å². The highest BCUT2D eigenvalue weighted by Gasteiger charge is 2.28. The summed E-state index contributed by atoms with van der Waals surface area (Å²) in [6.07, 6.45) is 0.587. The fourth-order valence-electron chi connectivity index (χ4n) is 2.03. The van der Waals surface area contributed by atoms with E-state index in [2.05, 4.69) is 5.32 Å². The summed E-state index contributed by atoms with van der Waals surface area (Å²) >= 11 is 0. The number of hydrogen-bond donors (Lipinski definition) is 2. The summed E-state index contributed by atoms with van der Waals surface area (Å²) in [7, 11) is -2.92. The molecular weight excluding hydrogens is 254 g/mol. The molecule has 1 aromatic carbocycles. The molecule has 2 rings (SSSR count). The minimum absolute atomic E-state index is 0.0233. The number of rotatable bonds is 3. The van der Waals surface area contributed by atoms with Crippen LogP contribution < -0.4 is 5.32 Å². The van der Waals surface area contributed by atoms with E-state index in [-0.39, 0.29) is 34.6 Å². The Bertz CT molecular complexity index is 553. The van der Waals surface area contributed by atoms with E-state index in [0.29, 0.717) is 13.0 Å². The van der Waals surface area contributed by atoms with Crippen molar-refractivity contribution in [3.8, 4) is 5.75 Å². The molecule has 6 heteroatoms. The lowest BCUT2D eigenvalue weighted by Gasteiger charge is -2.10. The van der Waals surface area contributed by atoms with Gasteiger partial charge in [0.25, 0.3) is 5.91 Å². The number of phenols is 1. The molecule has 2 N–H and O–H groups in total. The van der Waals surface area contributed by atoms with Crippen LogP contribution in [0.25, 0.3) is 0 Å². The smallest absolute Gasteiger partial charge is 0.255 e. The minimum atomic E-state index is -2.92. The van der Waals surface area contributed by atoms with Crippen molar-refractivity contribution in [1.82, 2.24) is 5.32 Å². The molecule has 0 radical (unpaired) electrons. The quantitative estimate of drug-likeness (QED) is 0.839. The van der Waals surface area contributed by atoms with Crippen LogP contribution in [0.15, 0.2) is 24.3 Å². The number of aromatic hydroxyl groups is 1. The second-order valence-electron chi connectivity index (χ2n) is 4.50. The lowest BCUT2D eigenvalue weighted by atomic mass is 10.1. The normalized spacial score (nSPS) is 21.7. The van der Waals surface area contributed by atoms with Crippen LogP contribution in [0.3, 0.4) is 0 Å². The largest absolute Gasteiger partial charge is 0.507 e. The predicted molar refractivity (Wildman–Crippen MR) is 67.2 cm³/mol. The Morgan fingerprint density at radius 1 is 1.39 bits per heavy atom. The summed E-state index contributed by atoms with van der Waals surface area (Å²) in [5, 5.41) is 12.2. The Morgan fingerprint density at radius 3 is 2.72 bits per heavy atom. The van der Waals surface area contributed by atoms with Gasteiger partial charge in [-0.1, -0.05) is 12.1 Å². The summed E-state index contributed by atoms with van der Waals surface area (Å²) in [5.41, 5.74) is 0.207. The number of carbonyl (C=O) groups is 1. The third kappa shape index (κ3) is 3.01. The van der Waals surface area contributed by atoms with Gasteiger partial charge in [-0.15, -0.1) is 0 Å². The van der Waals surface area contributed by atoms with Crippen LogP contribution in [0.1, 0.15) is 16.8 Å². The van der Waals surface area contributed by atoms with Gasteiger partial charge in [0.05, 0.1) is 17.1 Å². The molecule has 1 amide bonds. The molecule has 1 aliphatic heterocycles. The summed E-state index contributed by atoms with van der Waals surface area (Å²) in [6, 6.07) is 6.26. The third-order valence-electron chi connectivity index (χ3n) is 3.03. The van der Waals surface area contributed by atoms with E-state index >= 15 is 0 Å². The molecule has 1 heterocycles. The first-order valence-corrected chi connectivity index (χ1v) is 7.57. The number of para-hydroxylation sites is 1. The maximum Gasteiger partial charge on any atom is 0.255 e. The van der Waals surface area contributed by atoms with Crippen molar-refractivity contribution in [2.45, 2.75) is 6.42 Å². The maximum atomic E-state index is 11.8. The van der Waals surface area contributed by atoms with Crippen LogP contribution in [0.4, 0.5) is 0 Å². The first-order valence-electron chi connectivity index (χ1n) is 5.74. The second-order valence-corrected chi connectivity index (χ2v) is 6.72. The highest BCUT2D eigenvalue weighted by Crippen LogP contribution is 2.18. The molecule has 1 unspecified atom stereocenters. The van der Waals surface area contributed by atoms with Crippen LogP contribution in [-0.2, 0) is 9.84 Å². The predicted octanol–water partition coefficient (Wildman–Crippen LogP) is 0.557. The molecule has 0 saturated carbocycles. The van der Waals surface area contributed by atoms with Crippen molar-refractivity contribution >= 4 is 15.7 Å². The molecule has 18 heavy (non-hydrogen) atoms. The standard InChI is InChI=1S/C12H15NO4S/c14-11-4-2-1-3-10(11)12(15)13-7-9-5-6-18(16,17)8-9/h1-4,9,14H,5-8H2,(H,13,15). The second kappa shape index (κ2) is 4.97. The fraction of sp³-hybridized carbons (Fsp3) is 0.417. The monoisotopic (exact) mass is 269 g/mol. The van der Waals surface area contributed by atoms with E-state index in [1.807, 2.05) is 0 Å². The third-order valence-corrected chi connectivity index (χ3v) is 4.86. The molecule has 1 fully saturated rings. The number of sulfone groups is 1. The molecule has 98 valence electrons. The Hall–Kier alpha value is -1.56. The first-order chi connectivity index (χ1) is 8.48. The first kappa shape index (κ1) is 12.9. The highest BCUT2D eigenvalue weighted by atomic mass is 32.2. The average molecular weight is 269 g/mol. The number of carbonyl (C=O) groups excluding carboxylic acids is 1. The SMILES string of the molecule is O=C(NCC1CCS(=O)(=O)C1)c1ccccc1O. The summed E-state index contributed by atoms with van der Waals surface area (Å²) in [5.74, 6) is -0.144. The number of nitrogens with one attached hydrogen (secondary N) is 1. The van der Waals surface area contributed by atoms with Gasteiger partial charge in [-0.25, -0.2) is 8.42 Å². The van der Waals surface area contributed by atoms with Crippen molar-refractivity contribution < 1.29 is 18.3 Å². The Labute approximate surface area is 106 Å². The van der Waals surface area contributed by atoms with E-state index in [1.54, 1.807) is 12.1 Å². The molecule has 0 bridgehead atoms. The van der Waals surface area contributed by atoms with Gasteiger partial charge < -0.3 is 10.4 Å². The lowest BCUT2D eigenvalue weighted by Crippen LogP contribution is -2.29. The van der Waals surface area contributed by atoms with Crippen LogP contribution in [0.5, 0.6) is 5.75 Å². The molecule has 1 atom stereocenters. The van der Waals surface area contributed by atoms with Crippen LogP contribution >= 0.6 is 0 Å². The van der Waals surface area contributed by atoms with Gasteiger partial charge in [0.1, 0.15) is 5.75 Å². The Morgan fingerprint density at radius 2 is 2.11 bits per heavy atom. The van der Waals surface area contributed by atoms with Crippen LogP contribution in [-0.4, -0.2) is 37.5 Å². The molecule has 5 nitrogen and oxygen atoms in total.